The average molecular weight is 271 g/mol. The van der Waals surface area contributed by atoms with E-state index in [2.05, 4.69) is 5.32 Å². The molecule has 0 aliphatic carbocycles. The molecule has 0 radical (unpaired) electrons. The highest BCUT2D eigenvalue weighted by molar-refractivity contribution is 7.09. The van der Waals surface area contributed by atoms with Crippen LogP contribution in [-0.2, 0) is 11.3 Å². The van der Waals surface area contributed by atoms with Gasteiger partial charge in [0.15, 0.2) is 0 Å². The minimum atomic E-state index is -0.0363. The largest absolute Gasteiger partial charge is 0.356 e. The van der Waals surface area contributed by atoms with Gasteiger partial charge in [0.05, 0.1) is 0 Å². The molecule has 1 rings (SSSR count). The highest BCUT2D eigenvalue weighted by Gasteiger charge is 2.09. The zero-order valence-corrected chi connectivity index (χ0v) is 12.0. The smallest absolute Gasteiger partial charge is 0.307 e. The van der Waals surface area contributed by atoms with Crippen molar-refractivity contribution in [3.63, 3.8) is 0 Å². The molecule has 3 N–H and O–H groups in total. The third kappa shape index (κ3) is 4.27. The number of nitrogens with one attached hydrogen (secondary N) is 1. The molecule has 1 heterocycles. The second-order valence-corrected chi connectivity index (χ2v) is 5.69. The minimum absolute atomic E-state index is 0.00776. The number of rotatable bonds is 6. The van der Waals surface area contributed by atoms with Crippen molar-refractivity contribution in [2.45, 2.75) is 46.2 Å². The molecule has 0 aliphatic heterocycles. The summed E-state index contributed by atoms with van der Waals surface area (Å²) in [5.41, 5.74) is 6.54. The molecule has 5 nitrogen and oxygen atoms in total. The fourth-order valence-electron chi connectivity index (χ4n) is 1.59. The Morgan fingerprint density at radius 2 is 2.17 bits per heavy atom. The molecule has 0 saturated heterocycles. The molecular weight excluding hydrogens is 250 g/mol. The van der Waals surface area contributed by atoms with E-state index in [1.807, 2.05) is 20.8 Å². The number of hydrogen-bond donors (Lipinski definition) is 2. The summed E-state index contributed by atoms with van der Waals surface area (Å²) in [7, 11) is 0. The van der Waals surface area contributed by atoms with Gasteiger partial charge < -0.3 is 15.6 Å². The number of aromatic nitrogens is 1. The Balaban J connectivity index is 2.41. The lowest BCUT2D eigenvalue weighted by atomic mass is 10.2. The molecule has 0 saturated carbocycles. The summed E-state index contributed by atoms with van der Waals surface area (Å²) in [5.74, 6) is -0.0363. The Labute approximate surface area is 111 Å². The summed E-state index contributed by atoms with van der Waals surface area (Å²) >= 11 is 1.23. The third-order valence-corrected chi connectivity index (χ3v) is 3.86. The van der Waals surface area contributed by atoms with E-state index in [-0.39, 0.29) is 16.8 Å². The molecule has 0 bridgehead atoms. The maximum absolute atomic E-state index is 11.6. The number of carbonyl (C=O) groups is 1. The monoisotopic (exact) mass is 271 g/mol. The Hall–Kier alpha value is -1.14. The van der Waals surface area contributed by atoms with Gasteiger partial charge in [-0.1, -0.05) is 11.3 Å². The topological polar surface area (TPSA) is 77.1 Å². The van der Waals surface area contributed by atoms with Crippen LogP contribution in [0.15, 0.2) is 4.79 Å². The van der Waals surface area contributed by atoms with Gasteiger partial charge in [-0.3, -0.25) is 9.59 Å². The summed E-state index contributed by atoms with van der Waals surface area (Å²) in [5, 5.41) is 2.80. The maximum Gasteiger partial charge on any atom is 0.307 e. The van der Waals surface area contributed by atoms with Crippen molar-refractivity contribution in [1.29, 1.82) is 0 Å². The van der Waals surface area contributed by atoms with Crippen molar-refractivity contribution in [1.82, 2.24) is 9.88 Å². The van der Waals surface area contributed by atoms with Crippen molar-refractivity contribution >= 4 is 17.2 Å². The van der Waals surface area contributed by atoms with Crippen LogP contribution in [0.4, 0.5) is 0 Å². The Morgan fingerprint density at radius 1 is 1.50 bits per heavy atom. The van der Waals surface area contributed by atoms with E-state index in [9.17, 15) is 9.59 Å². The standard InChI is InChI=1S/C12H21N3O2S/c1-8(13)4-6-14-11(16)5-7-15-9(2)10(3)18-12(15)17/h8H,4-7,13H2,1-3H3,(H,14,16). The molecule has 102 valence electrons. The highest BCUT2D eigenvalue weighted by Crippen LogP contribution is 2.09. The molecular formula is C12H21N3O2S. The number of aryl methyl sites for hydroxylation is 1. The number of nitrogens with two attached hydrogens (primary N) is 1. The fraction of sp³-hybridized carbons (Fsp3) is 0.667. The van der Waals surface area contributed by atoms with Crippen LogP contribution >= 0.6 is 11.3 Å². The predicted octanol–water partition coefficient (Wildman–Crippen LogP) is 0.770. The van der Waals surface area contributed by atoms with Crippen molar-refractivity contribution in [2.24, 2.45) is 5.73 Å². The van der Waals surface area contributed by atoms with Crippen molar-refractivity contribution in [2.75, 3.05) is 6.54 Å². The van der Waals surface area contributed by atoms with E-state index < -0.39 is 0 Å². The van der Waals surface area contributed by atoms with Crippen LogP contribution in [0.2, 0.25) is 0 Å². The normalized spacial score (nSPS) is 12.4. The summed E-state index contributed by atoms with van der Waals surface area (Å²) in [6.45, 7) is 6.76. The summed E-state index contributed by atoms with van der Waals surface area (Å²) in [6, 6.07) is 0.0923. The van der Waals surface area contributed by atoms with E-state index >= 15 is 0 Å². The molecule has 18 heavy (non-hydrogen) atoms. The molecule has 0 aliphatic rings. The van der Waals surface area contributed by atoms with Crippen molar-refractivity contribution < 1.29 is 4.79 Å². The molecule has 1 aromatic heterocycles. The number of amides is 1. The van der Waals surface area contributed by atoms with Crippen LogP contribution < -0.4 is 15.9 Å². The second kappa shape index (κ2) is 6.70. The summed E-state index contributed by atoms with van der Waals surface area (Å²) in [4.78, 5) is 24.2. The zero-order chi connectivity index (χ0) is 13.7. The van der Waals surface area contributed by atoms with Crippen LogP contribution in [-0.4, -0.2) is 23.1 Å². The highest BCUT2D eigenvalue weighted by atomic mass is 32.1. The first-order valence-electron chi connectivity index (χ1n) is 6.11. The zero-order valence-electron chi connectivity index (χ0n) is 11.2. The molecule has 1 unspecified atom stereocenters. The lowest BCUT2D eigenvalue weighted by molar-refractivity contribution is -0.121. The summed E-state index contributed by atoms with van der Waals surface area (Å²) < 4.78 is 1.66. The first-order chi connectivity index (χ1) is 8.41. The molecule has 0 aromatic carbocycles. The molecule has 1 atom stereocenters. The van der Waals surface area contributed by atoms with Gasteiger partial charge in [-0.25, -0.2) is 0 Å². The fourth-order valence-corrected chi connectivity index (χ4v) is 2.45. The van der Waals surface area contributed by atoms with Crippen LogP contribution in [0.3, 0.4) is 0 Å². The first kappa shape index (κ1) is 14.9. The Kier molecular flexibility index (Phi) is 5.55. The van der Waals surface area contributed by atoms with Crippen molar-refractivity contribution in [3.05, 3.63) is 20.2 Å². The van der Waals surface area contributed by atoms with E-state index in [0.29, 0.717) is 19.5 Å². The van der Waals surface area contributed by atoms with Gasteiger partial charge in [0.1, 0.15) is 0 Å². The van der Waals surface area contributed by atoms with Crippen LogP contribution in [0.5, 0.6) is 0 Å². The number of hydrogen-bond acceptors (Lipinski definition) is 4. The van der Waals surface area contributed by atoms with Gasteiger partial charge in [-0.05, 0) is 27.2 Å². The van der Waals surface area contributed by atoms with Gasteiger partial charge in [0.25, 0.3) is 0 Å². The van der Waals surface area contributed by atoms with Gasteiger partial charge >= 0.3 is 4.87 Å². The van der Waals surface area contributed by atoms with E-state index in [1.54, 1.807) is 4.57 Å². The molecule has 1 aromatic rings. The lowest BCUT2D eigenvalue weighted by Gasteiger charge is -2.08. The van der Waals surface area contributed by atoms with E-state index in [4.69, 9.17) is 5.73 Å². The number of nitrogens with zero attached hydrogens (tertiary/aromatic N) is 1. The quantitative estimate of drug-likeness (QED) is 0.802. The van der Waals surface area contributed by atoms with E-state index in [0.717, 1.165) is 17.0 Å². The average Bonchev–Trinajstić information content (AvgIpc) is 2.50. The minimum Gasteiger partial charge on any atom is -0.356 e. The van der Waals surface area contributed by atoms with Crippen LogP contribution in [0.25, 0.3) is 0 Å². The molecule has 1 amide bonds. The SMILES string of the molecule is Cc1sc(=O)n(CCC(=O)NCCC(C)N)c1C. The van der Waals surface area contributed by atoms with Crippen LogP contribution in [0.1, 0.15) is 30.3 Å². The maximum atomic E-state index is 11.6. The molecule has 0 spiro atoms. The number of thiazole rings is 1. The molecule has 0 fully saturated rings. The van der Waals surface area contributed by atoms with Crippen LogP contribution in [0, 0.1) is 13.8 Å². The Morgan fingerprint density at radius 3 is 2.67 bits per heavy atom. The Bertz CT molecular complexity index is 462. The lowest BCUT2D eigenvalue weighted by Crippen LogP contribution is -2.30. The van der Waals surface area contributed by atoms with Gasteiger partial charge in [0.2, 0.25) is 5.91 Å². The van der Waals surface area contributed by atoms with Gasteiger partial charge in [-0.2, -0.15) is 0 Å². The van der Waals surface area contributed by atoms with Gasteiger partial charge in [-0.15, -0.1) is 0 Å². The van der Waals surface area contributed by atoms with Crippen molar-refractivity contribution in [3.8, 4) is 0 Å². The third-order valence-electron chi connectivity index (χ3n) is 2.86. The number of carbonyl (C=O) groups excluding carboxylic acids is 1. The van der Waals surface area contributed by atoms with Gasteiger partial charge in [0, 0.05) is 36.1 Å². The predicted molar refractivity (Wildman–Crippen MR) is 73.9 cm³/mol. The van der Waals surface area contributed by atoms with E-state index in [1.165, 1.54) is 11.3 Å². The summed E-state index contributed by atoms with van der Waals surface area (Å²) in [6.07, 6.45) is 1.10. The molecule has 6 heteroatoms. The second-order valence-electron chi connectivity index (χ2n) is 4.53. The first-order valence-corrected chi connectivity index (χ1v) is 6.92.